The van der Waals surface area contributed by atoms with E-state index in [4.69, 9.17) is 10.8 Å². The highest BCUT2D eigenvalue weighted by atomic mass is 79.9. The lowest BCUT2D eigenvalue weighted by Crippen LogP contribution is -3.00. The lowest BCUT2D eigenvalue weighted by atomic mass is 10.0. The molecule has 3 aromatic rings. The highest BCUT2D eigenvalue weighted by Crippen LogP contribution is 2.27. The molecular weight excluding hydrogens is 394 g/mol. The topological polar surface area (TPSA) is 80.1 Å². The maximum absolute atomic E-state index is 10.7. The lowest BCUT2D eigenvalue weighted by molar-refractivity contribution is -0.741. The summed E-state index contributed by atoms with van der Waals surface area (Å²) in [6, 6.07) is 16.3. The smallest absolute Gasteiger partial charge is 0.303 e. The summed E-state index contributed by atoms with van der Waals surface area (Å²) < 4.78 is 1.91. The molecule has 3 rings (SSSR count). The second-order valence-corrected chi connectivity index (χ2v) is 6.22. The first-order chi connectivity index (χ1) is 12.1. The summed E-state index contributed by atoms with van der Waals surface area (Å²) in [7, 11) is 0. The summed E-state index contributed by atoms with van der Waals surface area (Å²) in [5, 5.41) is 15.4. The first-order valence-electron chi connectivity index (χ1n) is 8.43. The van der Waals surface area contributed by atoms with Crippen molar-refractivity contribution in [1.29, 1.82) is 0 Å². The number of carbonyl (C=O) groups is 1. The van der Waals surface area contributed by atoms with Gasteiger partial charge in [-0.2, -0.15) is 0 Å². The van der Waals surface area contributed by atoms with Gasteiger partial charge in [-0.15, -0.1) is 0 Å². The van der Waals surface area contributed by atoms with E-state index < -0.39 is 5.97 Å². The molecule has 0 radical (unpaired) electrons. The van der Waals surface area contributed by atoms with Gasteiger partial charge in [-0.05, 0) is 31.5 Å². The van der Waals surface area contributed by atoms with Crippen LogP contribution in [0.4, 0.5) is 5.82 Å². The van der Waals surface area contributed by atoms with Crippen LogP contribution in [0.5, 0.6) is 0 Å². The molecule has 3 N–H and O–H groups in total. The Hall–Kier alpha value is -2.47. The maximum Gasteiger partial charge on any atom is 0.303 e. The molecule has 0 saturated heterocycles. The molecule has 2 aromatic carbocycles. The number of carboxylic acid groups (broad SMARTS) is 1. The summed E-state index contributed by atoms with van der Waals surface area (Å²) in [5.74, 6) is -0.278. The van der Waals surface area contributed by atoms with Crippen LogP contribution in [-0.4, -0.2) is 16.2 Å². The number of nitrogens with zero attached hydrogens (tertiary/aromatic N) is 2. The lowest BCUT2D eigenvalue weighted by Gasteiger charge is -2.08. The molecule has 136 valence electrons. The minimum atomic E-state index is -0.769. The second-order valence-electron chi connectivity index (χ2n) is 6.22. The molecule has 1 heterocycles. The van der Waals surface area contributed by atoms with E-state index in [-0.39, 0.29) is 23.4 Å². The predicted molar refractivity (Wildman–Crippen MR) is 98.0 cm³/mol. The molecule has 0 fully saturated rings. The van der Waals surface area contributed by atoms with E-state index in [9.17, 15) is 4.79 Å². The summed E-state index contributed by atoms with van der Waals surface area (Å²) in [6.45, 7) is 2.69. The fraction of sp³-hybridized carbons (Fsp3) is 0.250. The molecule has 0 aliphatic carbocycles. The monoisotopic (exact) mass is 415 g/mol. The number of nitrogen functional groups attached to an aromatic ring is 1. The standard InChI is InChI=1S/C20H21N3O2.BrH/c1-14-9-11-15(12-10-14)19-16-6-2-3-7-17(16)20(21)22-23(19)13-5-4-8-18(24)25;/h2-3,6-7,9-12H,4-5,8,13H2,1H3,(H2-,21,22,24,25);1H. The first-order valence-corrected chi connectivity index (χ1v) is 8.43. The maximum atomic E-state index is 10.7. The molecule has 6 heteroatoms. The Morgan fingerprint density at radius 1 is 1.08 bits per heavy atom. The molecule has 26 heavy (non-hydrogen) atoms. The van der Waals surface area contributed by atoms with Crippen molar-refractivity contribution in [1.82, 2.24) is 5.10 Å². The van der Waals surface area contributed by atoms with Crippen LogP contribution in [0, 0.1) is 6.92 Å². The van der Waals surface area contributed by atoms with E-state index in [0.29, 0.717) is 18.8 Å². The van der Waals surface area contributed by atoms with Crippen LogP contribution in [0.25, 0.3) is 22.0 Å². The number of halogens is 1. The molecule has 0 atom stereocenters. The minimum absolute atomic E-state index is 0. The Balaban J connectivity index is 0.00000243. The number of aliphatic carboxylic acids is 1. The van der Waals surface area contributed by atoms with Gasteiger partial charge in [0.15, 0.2) is 12.4 Å². The number of fused-ring (bicyclic) bond motifs is 1. The zero-order valence-corrected chi connectivity index (χ0v) is 16.2. The van der Waals surface area contributed by atoms with Crippen LogP contribution in [-0.2, 0) is 11.3 Å². The average molecular weight is 416 g/mol. The number of nitrogens with two attached hydrogens (primary N) is 1. The highest BCUT2D eigenvalue weighted by Gasteiger charge is 2.21. The van der Waals surface area contributed by atoms with E-state index in [1.54, 1.807) is 0 Å². The second kappa shape index (κ2) is 8.76. The summed E-state index contributed by atoms with van der Waals surface area (Å²) in [5.41, 5.74) is 9.44. The van der Waals surface area contributed by atoms with Crippen LogP contribution >= 0.6 is 0 Å². The molecule has 0 aliphatic heterocycles. The van der Waals surface area contributed by atoms with Gasteiger partial charge in [0.2, 0.25) is 5.69 Å². The third-order valence-corrected chi connectivity index (χ3v) is 4.28. The van der Waals surface area contributed by atoms with Crippen molar-refractivity contribution in [2.75, 3.05) is 5.73 Å². The number of rotatable bonds is 6. The number of benzene rings is 2. The van der Waals surface area contributed by atoms with Crippen molar-refractivity contribution in [2.45, 2.75) is 32.7 Å². The van der Waals surface area contributed by atoms with Crippen LogP contribution in [0.2, 0.25) is 0 Å². The summed E-state index contributed by atoms with van der Waals surface area (Å²) in [4.78, 5) is 10.7. The average Bonchev–Trinajstić information content (AvgIpc) is 2.60. The van der Waals surface area contributed by atoms with Gasteiger partial charge in [-0.3, -0.25) is 4.79 Å². The first kappa shape index (κ1) is 19.8. The summed E-state index contributed by atoms with van der Waals surface area (Å²) >= 11 is 0. The normalized spacial score (nSPS) is 10.5. The van der Waals surface area contributed by atoms with E-state index >= 15 is 0 Å². The van der Waals surface area contributed by atoms with Gasteiger partial charge in [-0.25, -0.2) is 0 Å². The number of aromatic nitrogens is 2. The fourth-order valence-corrected chi connectivity index (χ4v) is 3.00. The van der Waals surface area contributed by atoms with Crippen molar-refractivity contribution >= 4 is 22.6 Å². The zero-order valence-electron chi connectivity index (χ0n) is 14.7. The zero-order chi connectivity index (χ0) is 17.8. The Bertz CT molecular complexity index is 911. The fourth-order valence-electron chi connectivity index (χ4n) is 3.00. The summed E-state index contributed by atoms with van der Waals surface area (Å²) in [6.07, 6.45) is 1.52. The number of hydrogen-bond acceptors (Lipinski definition) is 3. The van der Waals surface area contributed by atoms with Gasteiger partial charge < -0.3 is 27.8 Å². The third kappa shape index (κ3) is 4.38. The quantitative estimate of drug-likeness (QED) is 0.449. The molecule has 0 amide bonds. The number of hydrogen-bond donors (Lipinski definition) is 2. The predicted octanol–water partition coefficient (Wildman–Crippen LogP) is 0.339. The Kier molecular flexibility index (Phi) is 6.69. The van der Waals surface area contributed by atoms with Crippen molar-refractivity contribution in [3.05, 3.63) is 54.1 Å². The van der Waals surface area contributed by atoms with Crippen LogP contribution in [0.15, 0.2) is 48.5 Å². The van der Waals surface area contributed by atoms with Gasteiger partial charge in [-0.1, -0.05) is 40.6 Å². The van der Waals surface area contributed by atoms with E-state index in [1.807, 2.05) is 22.9 Å². The SMILES string of the molecule is Cc1ccc(-c2c3ccccc3c(N)n[n+]2CCCCC(=O)O)cc1.[Br-]. The molecule has 0 saturated carbocycles. The molecule has 0 bridgehead atoms. The van der Waals surface area contributed by atoms with Gasteiger partial charge in [0.25, 0.3) is 0 Å². The van der Waals surface area contributed by atoms with Crippen LogP contribution in [0.3, 0.4) is 0 Å². The van der Waals surface area contributed by atoms with Crippen LogP contribution < -0.4 is 27.4 Å². The molecule has 0 aliphatic rings. The van der Waals surface area contributed by atoms with Crippen molar-refractivity contribution in [3.8, 4) is 11.3 Å². The highest BCUT2D eigenvalue weighted by molar-refractivity contribution is 5.98. The van der Waals surface area contributed by atoms with Crippen molar-refractivity contribution in [2.24, 2.45) is 0 Å². The molecule has 1 aromatic heterocycles. The van der Waals surface area contributed by atoms with E-state index in [1.165, 1.54) is 5.56 Å². The number of aryl methyl sites for hydroxylation is 2. The number of unbranched alkanes of at least 4 members (excludes halogenated alkanes) is 1. The molecule has 0 unspecified atom stereocenters. The van der Waals surface area contributed by atoms with Crippen molar-refractivity contribution < 1.29 is 31.6 Å². The van der Waals surface area contributed by atoms with Crippen molar-refractivity contribution in [3.63, 3.8) is 0 Å². The Labute approximate surface area is 163 Å². The van der Waals surface area contributed by atoms with Gasteiger partial charge >= 0.3 is 5.97 Å². The van der Waals surface area contributed by atoms with Crippen LogP contribution in [0.1, 0.15) is 24.8 Å². The Morgan fingerprint density at radius 3 is 2.38 bits per heavy atom. The van der Waals surface area contributed by atoms with E-state index in [2.05, 4.69) is 42.4 Å². The van der Waals surface area contributed by atoms with E-state index in [0.717, 1.165) is 28.5 Å². The third-order valence-electron chi connectivity index (χ3n) is 4.28. The molecule has 0 spiro atoms. The minimum Gasteiger partial charge on any atom is -1.00 e. The molecule has 5 nitrogen and oxygen atoms in total. The van der Waals surface area contributed by atoms with Gasteiger partial charge in [0.1, 0.15) is 0 Å². The van der Waals surface area contributed by atoms with Gasteiger partial charge in [0, 0.05) is 28.9 Å². The Morgan fingerprint density at radius 2 is 1.73 bits per heavy atom. The number of carboxylic acids is 1. The van der Waals surface area contributed by atoms with Gasteiger partial charge in [0.05, 0.1) is 5.39 Å². The largest absolute Gasteiger partial charge is 1.00 e. The number of anilines is 1. The molecular formula is C20H22BrN3O2.